The highest BCUT2D eigenvalue weighted by Gasteiger charge is 2.50. The molecule has 1 aliphatic carbocycles. The van der Waals surface area contributed by atoms with Crippen LogP contribution in [0.1, 0.15) is 58.8 Å². The van der Waals surface area contributed by atoms with Crippen LogP contribution in [-0.4, -0.2) is 12.5 Å². The van der Waals surface area contributed by atoms with Crippen LogP contribution in [0.25, 0.3) is 0 Å². The molecule has 0 radical (unpaired) electrons. The van der Waals surface area contributed by atoms with E-state index in [1.165, 1.54) is 59.3 Å². The Morgan fingerprint density at radius 1 is 1.29 bits per heavy atom. The summed E-state index contributed by atoms with van der Waals surface area (Å²) in [6.45, 7) is 4.66. The molecule has 1 aliphatic rings. The SMILES string of the molecule is C=PCC1CC1(CC)CCCCCC. The smallest absolute Gasteiger partial charge is 0.00780 e. The second-order valence-electron chi connectivity index (χ2n) is 4.83. The number of hydrogen-bond donors (Lipinski definition) is 0. The quantitative estimate of drug-likeness (QED) is 0.402. The van der Waals surface area contributed by atoms with Gasteiger partial charge in [-0.3, -0.25) is 0 Å². The highest BCUT2D eigenvalue weighted by Crippen LogP contribution is 2.59. The van der Waals surface area contributed by atoms with E-state index >= 15 is 0 Å². The summed E-state index contributed by atoms with van der Waals surface area (Å²) in [5, 5.41) is 0. The maximum absolute atomic E-state index is 3.95. The van der Waals surface area contributed by atoms with Gasteiger partial charge in [0.25, 0.3) is 0 Å². The van der Waals surface area contributed by atoms with E-state index in [2.05, 4.69) is 20.1 Å². The lowest BCUT2D eigenvalue weighted by molar-refractivity contribution is 0.392. The van der Waals surface area contributed by atoms with Crippen molar-refractivity contribution in [3.8, 4) is 0 Å². The third kappa shape index (κ3) is 3.09. The fourth-order valence-electron chi connectivity index (χ4n) is 2.67. The van der Waals surface area contributed by atoms with Gasteiger partial charge >= 0.3 is 0 Å². The normalized spacial score (nSPS) is 30.9. The Balaban J connectivity index is 2.17. The lowest BCUT2D eigenvalue weighted by atomic mass is 9.93. The molecule has 2 unspecified atom stereocenters. The molecule has 0 heterocycles. The third-order valence-corrected chi connectivity index (χ3v) is 4.64. The van der Waals surface area contributed by atoms with Crippen molar-refractivity contribution >= 4 is 14.5 Å². The summed E-state index contributed by atoms with van der Waals surface area (Å²) in [5.74, 6) is 1.02. The van der Waals surface area contributed by atoms with Crippen LogP contribution in [0, 0.1) is 11.3 Å². The summed E-state index contributed by atoms with van der Waals surface area (Å²) in [7, 11) is 1.35. The molecule has 0 N–H and O–H groups in total. The molecule has 0 aromatic carbocycles. The molecule has 1 fully saturated rings. The molecular weight excluding hydrogens is 187 g/mol. The first-order valence-corrected chi connectivity index (χ1v) is 7.48. The van der Waals surface area contributed by atoms with Crippen LogP contribution in [0.15, 0.2) is 0 Å². The summed E-state index contributed by atoms with van der Waals surface area (Å²) in [6.07, 6.45) is 15.4. The van der Waals surface area contributed by atoms with E-state index in [0.717, 1.165) is 11.3 Å². The minimum Gasteiger partial charge on any atom is -0.112 e. The Bertz CT molecular complexity index is 176. The van der Waals surface area contributed by atoms with E-state index < -0.39 is 0 Å². The van der Waals surface area contributed by atoms with Crippen LogP contribution < -0.4 is 0 Å². The van der Waals surface area contributed by atoms with Gasteiger partial charge in [0, 0.05) is 0 Å². The van der Waals surface area contributed by atoms with Crippen LogP contribution in [0.4, 0.5) is 0 Å². The Kier molecular flexibility index (Phi) is 5.17. The Labute approximate surface area is 91.3 Å². The first kappa shape index (κ1) is 12.2. The minimum absolute atomic E-state index is 0.762. The average Bonchev–Trinajstić information content (AvgIpc) is 2.88. The van der Waals surface area contributed by atoms with Gasteiger partial charge in [0.1, 0.15) is 0 Å². The first-order valence-electron chi connectivity index (χ1n) is 6.21. The molecule has 0 saturated heterocycles. The van der Waals surface area contributed by atoms with Crippen LogP contribution in [0.3, 0.4) is 0 Å². The lowest BCUT2D eigenvalue weighted by Gasteiger charge is -2.14. The zero-order valence-electron chi connectivity index (χ0n) is 9.89. The van der Waals surface area contributed by atoms with E-state index in [-0.39, 0.29) is 0 Å². The molecule has 0 aromatic rings. The highest BCUT2D eigenvalue weighted by molar-refractivity contribution is 7.36. The molecule has 2 atom stereocenters. The fraction of sp³-hybridized carbons (Fsp3) is 0.923. The van der Waals surface area contributed by atoms with Crippen molar-refractivity contribution in [2.45, 2.75) is 58.8 Å². The van der Waals surface area contributed by atoms with Crippen molar-refractivity contribution in [1.82, 2.24) is 0 Å². The second kappa shape index (κ2) is 5.91. The van der Waals surface area contributed by atoms with Gasteiger partial charge in [0.05, 0.1) is 0 Å². The van der Waals surface area contributed by atoms with Crippen LogP contribution >= 0.6 is 8.20 Å². The van der Waals surface area contributed by atoms with Crippen LogP contribution in [-0.2, 0) is 0 Å². The van der Waals surface area contributed by atoms with E-state index in [4.69, 9.17) is 0 Å². The summed E-state index contributed by atoms with van der Waals surface area (Å²) in [4.78, 5) is 0. The Morgan fingerprint density at radius 2 is 2.07 bits per heavy atom. The van der Waals surface area contributed by atoms with E-state index in [9.17, 15) is 0 Å². The number of rotatable bonds is 8. The van der Waals surface area contributed by atoms with E-state index in [1.54, 1.807) is 0 Å². The third-order valence-electron chi connectivity index (χ3n) is 3.94. The van der Waals surface area contributed by atoms with Gasteiger partial charge in [-0.15, -0.1) is 8.20 Å². The molecule has 0 aromatic heterocycles. The molecule has 14 heavy (non-hydrogen) atoms. The molecule has 0 nitrogen and oxygen atoms in total. The summed E-state index contributed by atoms with van der Waals surface area (Å²) in [5.41, 5.74) is 0.762. The van der Waals surface area contributed by atoms with Crippen molar-refractivity contribution in [2.24, 2.45) is 11.3 Å². The maximum atomic E-state index is 3.95. The summed E-state index contributed by atoms with van der Waals surface area (Å²) < 4.78 is 0. The Hall–Kier alpha value is 0.170. The van der Waals surface area contributed by atoms with Crippen LogP contribution in [0.5, 0.6) is 0 Å². The average molecular weight is 212 g/mol. The van der Waals surface area contributed by atoms with Gasteiger partial charge in [-0.1, -0.05) is 52.3 Å². The zero-order valence-corrected chi connectivity index (χ0v) is 10.8. The monoisotopic (exact) mass is 212 g/mol. The van der Waals surface area contributed by atoms with Gasteiger partial charge in [-0.05, 0) is 30.3 Å². The van der Waals surface area contributed by atoms with Gasteiger partial charge < -0.3 is 0 Å². The van der Waals surface area contributed by atoms with Crippen molar-refractivity contribution in [2.75, 3.05) is 6.16 Å². The van der Waals surface area contributed by atoms with Gasteiger partial charge in [0.15, 0.2) is 0 Å². The van der Waals surface area contributed by atoms with Crippen molar-refractivity contribution in [1.29, 1.82) is 0 Å². The van der Waals surface area contributed by atoms with Gasteiger partial charge in [-0.25, -0.2) is 0 Å². The van der Waals surface area contributed by atoms with Gasteiger partial charge in [-0.2, -0.15) is 0 Å². The van der Waals surface area contributed by atoms with E-state index in [1.807, 2.05) is 0 Å². The maximum Gasteiger partial charge on any atom is -0.00780 e. The fourth-order valence-corrected chi connectivity index (χ4v) is 3.49. The number of hydrogen-bond acceptors (Lipinski definition) is 0. The standard InChI is InChI=1S/C13H25P/c1-4-6-7-8-9-13(5-2)10-12(13)11-14-3/h12H,3-11H2,1-2H3. The zero-order chi connectivity index (χ0) is 10.4. The molecule has 0 bridgehead atoms. The molecule has 0 spiro atoms. The van der Waals surface area contributed by atoms with Crippen molar-refractivity contribution in [3.63, 3.8) is 0 Å². The van der Waals surface area contributed by atoms with Gasteiger partial charge in [0.2, 0.25) is 0 Å². The minimum atomic E-state index is 0.762. The summed E-state index contributed by atoms with van der Waals surface area (Å²) >= 11 is 0. The predicted molar refractivity (Wildman–Crippen MR) is 68.5 cm³/mol. The molecule has 1 rings (SSSR count). The largest absolute Gasteiger partial charge is 0.112 e. The first-order chi connectivity index (χ1) is 6.79. The predicted octanol–water partition coefficient (Wildman–Crippen LogP) is 4.75. The molecular formula is C13H25P. The van der Waals surface area contributed by atoms with Crippen molar-refractivity contribution in [3.05, 3.63) is 0 Å². The molecule has 0 amide bonds. The lowest BCUT2D eigenvalue weighted by Crippen LogP contribution is -2.03. The topological polar surface area (TPSA) is 0 Å². The number of unbranched alkanes of at least 4 members (excludes halogenated alkanes) is 3. The second-order valence-corrected chi connectivity index (χ2v) is 5.65. The molecule has 1 heteroatoms. The van der Waals surface area contributed by atoms with E-state index in [0.29, 0.717) is 0 Å². The van der Waals surface area contributed by atoms with Crippen molar-refractivity contribution < 1.29 is 0 Å². The van der Waals surface area contributed by atoms with Crippen LogP contribution in [0.2, 0.25) is 0 Å². The molecule has 0 aliphatic heterocycles. The molecule has 1 saturated carbocycles. The highest BCUT2D eigenvalue weighted by atomic mass is 31.1. The summed E-state index contributed by atoms with van der Waals surface area (Å²) in [6, 6.07) is 0. The Morgan fingerprint density at radius 3 is 2.64 bits per heavy atom. The molecule has 82 valence electrons.